The Hall–Kier alpha value is -0.0400. The van der Waals surface area contributed by atoms with Gasteiger partial charge in [-0.15, -0.1) is 11.6 Å². The summed E-state index contributed by atoms with van der Waals surface area (Å²) in [4.78, 5) is 11.2. The van der Waals surface area contributed by atoms with Gasteiger partial charge >= 0.3 is 0 Å². The molecule has 1 aliphatic rings. The quantitative estimate of drug-likeness (QED) is 0.516. The fourth-order valence-electron chi connectivity index (χ4n) is 1.47. The normalized spacial score (nSPS) is 28.8. The predicted molar refractivity (Wildman–Crippen MR) is 47.0 cm³/mol. The minimum absolute atomic E-state index is 0.187. The molecule has 0 N–H and O–H groups in total. The highest BCUT2D eigenvalue weighted by Crippen LogP contribution is 2.17. The second-order valence-electron chi connectivity index (χ2n) is 3.24. The van der Waals surface area contributed by atoms with E-state index in [2.05, 4.69) is 0 Å². The van der Waals surface area contributed by atoms with Crippen molar-refractivity contribution in [3.63, 3.8) is 0 Å². The van der Waals surface area contributed by atoms with Gasteiger partial charge in [0.2, 0.25) is 0 Å². The molecule has 1 saturated carbocycles. The van der Waals surface area contributed by atoms with Crippen molar-refractivity contribution in [1.29, 1.82) is 0 Å². The van der Waals surface area contributed by atoms with Crippen LogP contribution in [-0.2, 0) is 4.79 Å². The van der Waals surface area contributed by atoms with Crippen molar-refractivity contribution in [2.24, 2.45) is 0 Å². The van der Waals surface area contributed by atoms with Crippen LogP contribution in [0.3, 0.4) is 0 Å². The molecule has 0 saturated heterocycles. The van der Waals surface area contributed by atoms with Crippen molar-refractivity contribution >= 4 is 17.4 Å². The van der Waals surface area contributed by atoms with Crippen LogP contribution in [0, 0.1) is 0 Å². The zero-order chi connectivity index (χ0) is 8.10. The first-order valence-electron chi connectivity index (χ1n) is 4.47. The summed E-state index contributed by atoms with van der Waals surface area (Å²) in [7, 11) is 0. The van der Waals surface area contributed by atoms with E-state index < -0.39 is 0 Å². The first kappa shape index (κ1) is 9.05. The van der Waals surface area contributed by atoms with Gasteiger partial charge in [-0.25, -0.2) is 0 Å². The Kier molecular flexibility index (Phi) is 3.92. The largest absolute Gasteiger partial charge is 0.298 e. The summed E-state index contributed by atoms with van der Waals surface area (Å²) in [5.41, 5.74) is 0. The lowest BCUT2D eigenvalue weighted by molar-refractivity contribution is -0.118. The smallest absolute Gasteiger partial charge is 0.150 e. The Labute approximate surface area is 73.1 Å². The van der Waals surface area contributed by atoms with E-state index in [1.54, 1.807) is 0 Å². The molecule has 1 atom stereocenters. The third-order valence-electron chi connectivity index (χ3n) is 2.23. The number of halogens is 1. The SMILES string of the molecule is O=C1CCCCCCCC1Cl. The highest BCUT2D eigenvalue weighted by atomic mass is 35.5. The molecule has 11 heavy (non-hydrogen) atoms. The minimum atomic E-state index is -0.187. The van der Waals surface area contributed by atoms with Gasteiger partial charge in [-0.2, -0.15) is 0 Å². The molecule has 0 aromatic heterocycles. The van der Waals surface area contributed by atoms with Crippen molar-refractivity contribution in [3.8, 4) is 0 Å². The Bertz CT molecular complexity index is 134. The van der Waals surface area contributed by atoms with Crippen LogP contribution in [0.15, 0.2) is 0 Å². The summed E-state index contributed by atoms with van der Waals surface area (Å²) in [6.45, 7) is 0. The lowest BCUT2D eigenvalue weighted by atomic mass is 10.1. The van der Waals surface area contributed by atoms with E-state index >= 15 is 0 Å². The van der Waals surface area contributed by atoms with Crippen molar-refractivity contribution in [2.75, 3.05) is 0 Å². The fourth-order valence-corrected chi connectivity index (χ4v) is 1.73. The number of rotatable bonds is 0. The Morgan fingerprint density at radius 2 is 1.73 bits per heavy atom. The summed E-state index contributed by atoms with van der Waals surface area (Å²) in [5, 5.41) is -0.187. The molecular weight excluding hydrogens is 160 g/mol. The molecule has 1 aliphatic carbocycles. The van der Waals surface area contributed by atoms with Crippen LogP contribution in [0.25, 0.3) is 0 Å². The fraction of sp³-hybridized carbons (Fsp3) is 0.889. The van der Waals surface area contributed by atoms with E-state index in [9.17, 15) is 4.79 Å². The van der Waals surface area contributed by atoms with Crippen LogP contribution in [0.1, 0.15) is 44.9 Å². The van der Waals surface area contributed by atoms with Crippen LogP contribution >= 0.6 is 11.6 Å². The van der Waals surface area contributed by atoms with Crippen LogP contribution in [-0.4, -0.2) is 11.2 Å². The van der Waals surface area contributed by atoms with E-state index in [1.807, 2.05) is 0 Å². The molecule has 1 unspecified atom stereocenters. The van der Waals surface area contributed by atoms with Crippen molar-refractivity contribution in [2.45, 2.75) is 50.3 Å². The van der Waals surface area contributed by atoms with Crippen molar-refractivity contribution in [3.05, 3.63) is 0 Å². The van der Waals surface area contributed by atoms with E-state index in [-0.39, 0.29) is 11.2 Å². The van der Waals surface area contributed by atoms with Gasteiger partial charge in [-0.05, 0) is 12.8 Å². The lowest BCUT2D eigenvalue weighted by Crippen LogP contribution is -2.13. The molecule has 1 rings (SSSR count). The highest BCUT2D eigenvalue weighted by molar-refractivity contribution is 6.31. The molecule has 0 radical (unpaired) electrons. The number of hydrogen-bond donors (Lipinski definition) is 0. The van der Waals surface area contributed by atoms with E-state index in [0.29, 0.717) is 6.42 Å². The number of hydrogen-bond acceptors (Lipinski definition) is 1. The van der Waals surface area contributed by atoms with Gasteiger partial charge in [0.05, 0.1) is 5.38 Å². The van der Waals surface area contributed by atoms with Gasteiger partial charge in [0.1, 0.15) is 0 Å². The van der Waals surface area contributed by atoms with Gasteiger partial charge in [0.25, 0.3) is 0 Å². The number of carbonyl (C=O) groups is 1. The molecule has 2 heteroatoms. The van der Waals surface area contributed by atoms with Crippen molar-refractivity contribution in [1.82, 2.24) is 0 Å². The monoisotopic (exact) mass is 174 g/mol. The lowest BCUT2D eigenvalue weighted by Gasteiger charge is -2.04. The zero-order valence-corrected chi connectivity index (χ0v) is 7.57. The molecule has 0 aliphatic heterocycles. The van der Waals surface area contributed by atoms with Gasteiger partial charge in [-0.3, -0.25) is 4.79 Å². The van der Waals surface area contributed by atoms with E-state index in [1.165, 1.54) is 19.3 Å². The molecule has 0 amide bonds. The Morgan fingerprint density at radius 1 is 1.09 bits per heavy atom. The summed E-state index contributed by atoms with van der Waals surface area (Å²) in [6.07, 6.45) is 7.49. The average molecular weight is 175 g/mol. The first-order valence-corrected chi connectivity index (χ1v) is 4.91. The predicted octanol–water partition coefficient (Wildman–Crippen LogP) is 2.91. The Balaban J connectivity index is 2.35. The van der Waals surface area contributed by atoms with Crippen LogP contribution < -0.4 is 0 Å². The minimum Gasteiger partial charge on any atom is -0.298 e. The molecule has 0 aromatic carbocycles. The second kappa shape index (κ2) is 4.76. The molecule has 0 aromatic rings. The van der Waals surface area contributed by atoms with Gasteiger partial charge in [0, 0.05) is 6.42 Å². The summed E-state index contributed by atoms with van der Waals surface area (Å²) < 4.78 is 0. The molecule has 0 spiro atoms. The summed E-state index contributed by atoms with van der Waals surface area (Å²) in [5.74, 6) is 0.258. The summed E-state index contributed by atoms with van der Waals surface area (Å²) in [6, 6.07) is 0. The zero-order valence-electron chi connectivity index (χ0n) is 6.81. The number of alkyl halides is 1. The van der Waals surface area contributed by atoms with E-state index in [0.717, 1.165) is 19.3 Å². The van der Waals surface area contributed by atoms with Gasteiger partial charge in [0.15, 0.2) is 5.78 Å². The highest BCUT2D eigenvalue weighted by Gasteiger charge is 2.15. The number of Topliss-reactive ketones (excluding diaryl/α,β-unsaturated/α-hetero) is 1. The molecule has 0 heterocycles. The van der Waals surface area contributed by atoms with Crippen LogP contribution in [0.4, 0.5) is 0 Å². The third-order valence-corrected chi connectivity index (χ3v) is 2.69. The molecular formula is C9H15ClO. The maximum atomic E-state index is 11.2. The first-order chi connectivity index (χ1) is 5.30. The summed E-state index contributed by atoms with van der Waals surface area (Å²) >= 11 is 5.87. The third kappa shape index (κ3) is 3.24. The number of carbonyl (C=O) groups excluding carboxylic acids is 1. The van der Waals surface area contributed by atoms with Crippen molar-refractivity contribution < 1.29 is 4.79 Å². The Morgan fingerprint density at radius 3 is 2.55 bits per heavy atom. The topological polar surface area (TPSA) is 17.1 Å². The van der Waals surface area contributed by atoms with Gasteiger partial charge < -0.3 is 0 Å². The molecule has 64 valence electrons. The maximum Gasteiger partial charge on any atom is 0.150 e. The average Bonchev–Trinajstić information content (AvgIpc) is 2.07. The molecule has 1 nitrogen and oxygen atoms in total. The number of ketones is 1. The molecule has 0 bridgehead atoms. The molecule has 1 fully saturated rings. The van der Waals surface area contributed by atoms with Gasteiger partial charge in [-0.1, -0.05) is 25.7 Å². The van der Waals surface area contributed by atoms with E-state index in [4.69, 9.17) is 11.6 Å². The van der Waals surface area contributed by atoms with Crippen LogP contribution in [0.5, 0.6) is 0 Å². The maximum absolute atomic E-state index is 11.2. The second-order valence-corrected chi connectivity index (χ2v) is 3.77. The standard InChI is InChI=1S/C9H15ClO/c10-8-6-4-2-1-3-5-7-9(8)11/h8H,1-7H2. The van der Waals surface area contributed by atoms with Crippen LogP contribution in [0.2, 0.25) is 0 Å².